The predicted octanol–water partition coefficient (Wildman–Crippen LogP) is 1.09. The summed E-state index contributed by atoms with van der Waals surface area (Å²) in [6, 6.07) is 20.5. The first-order chi connectivity index (χ1) is 12.7. The summed E-state index contributed by atoms with van der Waals surface area (Å²) in [5.74, 6) is 0. The van der Waals surface area contributed by atoms with Crippen LogP contribution in [0.2, 0.25) is 0 Å². The molecule has 0 saturated carbocycles. The average molecular weight is 344 g/mol. The molecule has 6 heteroatoms. The van der Waals surface area contributed by atoms with E-state index >= 15 is 0 Å². The van der Waals surface area contributed by atoms with Crippen molar-refractivity contribution in [3.8, 4) is 11.4 Å². The summed E-state index contributed by atoms with van der Waals surface area (Å²) >= 11 is 0. The molecule has 26 heavy (non-hydrogen) atoms. The van der Waals surface area contributed by atoms with E-state index in [1.165, 1.54) is 11.1 Å². The van der Waals surface area contributed by atoms with Crippen LogP contribution in [0.3, 0.4) is 0 Å². The number of hydrogen-bond acceptors (Lipinski definition) is 2. The Labute approximate surface area is 152 Å². The second-order valence-electron chi connectivity index (χ2n) is 6.23. The lowest BCUT2D eigenvalue weighted by molar-refractivity contribution is -0.751. The highest BCUT2D eigenvalue weighted by Crippen LogP contribution is 2.12. The molecule has 0 bridgehead atoms. The van der Waals surface area contributed by atoms with Gasteiger partial charge in [-0.15, -0.1) is 0 Å². The molecule has 0 radical (unpaired) electrons. The Kier molecular flexibility index (Phi) is 4.31. The Balaban J connectivity index is 1.59. The third-order valence-electron chi connectivity index (χ3n) is 4.18. The second-order valence-corrected chi connectivity index (χ2v) is 6.23. The van der Waals surface area contributed by atoms with Crippen LogP contribution in [0.5, 0.6) is 0 Å². The van der Waals surface area contributed by atoms with Crippen LogP contribution in [-0.2, 0) is 27.2 Å². The first-order valence-corrected chi connectivity index (χ1v) is 8.50. The summed E-state index contributed by atoms with van der Waals surface area (Å²) in [6.07, 6.45) is 6.65. The molecular formula is C20H20N6. The van der Waals surface area contributed by atoms with Crippen LogP contribution < -0.4 is 9.36 Å². The Morgan fingerprint density at radius 2 is 1.08 bits per heavy atom. The zero-order valence-corrected chi connectivity index (χ0v) is 14.9. The van der Waals surface area contributed by atoms with E-state index in [1.54, 1.807) is 0 Å². The lowest BCUT2D eigenvalue weighted by Gasteiger charge is -2.07. The van der Waals surface area contributed by atoms with Gasteiger partial charge >= 0.3 is 0 Å². The van der Waals surface area contributed by atoms with Gasteiger partial charge in [-0.3, -0.25) is 0 Å². The Morgan fingerprint density at radius 1 is 0.692 bits per heavy atom. The van der Waals surface area contributed by atoms with Crippen LogP contribution in [0.4, 0.5) is 0 Å². The first kappa shape index (κ1) is 16.2. The van der Waals surface area contributed by atoms with Crippen molar-refractivity contribution in [2.24, 2.45) is 14.1 Å². The van der Waals surface area contributed by atoms with Crippen molar-refractivity contribution in [3.05, 3.63) is 84.2 Å². The molecule has 0 atom stereocenters. The summed E-state index contributed by atoms with van der Waals surface area (Å²) in [5, 5.41) is 9.05. The molecule has 0 saturated heterocycles. The largest absolute Gasteiger partial charge is 0.245 e. The highest BCUT2D eigenvalue weighted by Gasteiger charge is 2.07. The van der Waals surface area contributed by atoms with Crippen molar-refractivity contribution < 1.29 is 9.36 Å². The molecule has 0 amide bonds. The average Bonchev–Trinajstić information content (AvgIpc) is 3.18. The minimum Gasteiger partial charge on any atom is -0.245 e. The number of rotatable bonds is 5. The molecule has 2 heterocycles. The molecule has 0 aliphatic rings. The molecule has 6 nitrogen and oxygen atoms in total. The van der Waals surface area contributed by atoms with E-state index in [-0.39, 0.29) is 0 Å². The molecule has 0 aliphatic carbocycles. The molecule has 130 valence electrons. The van der Waals surface area contributed by atoms with Gasteiger partial charge in [0.1, 0.15) is 13.1 Å². The second kappa shape index (κ2) is 6.92. The molecule has 4 aromatic rings. The molecule has 0 N–H and O–H groups in total. The molecule has 0 spiro atoms. The van der Waals surface area contributed by atoms with E-state index in [1.807, 2.05) is 69.2 Å². The summed E-state index contributed by atoms with van der Waals surface area (Å²) in [4.78, 5) is 0. The van der Waals surface area contributed by atoms with E-state index in [2.05, 4.69) is 47.1 Å². The Bertz CT molecular complexity index is 918. The van der Waals surface area contributed by atoms with Crippen LogP contribution in [0.15, 0.2) is 60.7 Å². The highest BCUT2D eigenvalue weighted by molar-refractivity contribution is 5.48. The summed E-state index contributed by atoms with van der Waals surface area (Å²) < 4.78 is 7.24. The van der Waals surface area contributed by atoms with Gasteiger partial charge in [-0.25, -0.2) is 18.7 Å². The van der Waals surface area contributed by atoms with Crippen LogP contribution in [-0.4, -0.2) is 19.8 Å². The maximum atomic E-state index is 4.52. The fourth-order valence-corrected chi connectivity index (χ4v) is 2.91. The van der Waals surface area contributed by atoms with Crippen molar-refractivity contribution in [3.63, 3.8) is 0 Å². The van der Waals surface area contributed by atoms with Crippen LogP contribution in [0.25, 0.3) is 11.4 Å². The van der Waals surface area contributed by atoms with E-state index in [0.717, 1.165) is 11.4 Å². The smallest absolute Gasteiger partial charge is 0.116 e. The molecule has 0 fully saturated rings. The lowest BCUT2D eigenvalue weighted by atomic mass is 10.2. The number of benzene rings is 2. The van der Waals surface area contributed by atoms with Gasteiger partial charge in [-0.05, 0) is 11.1 Å². The standard InChI is InChI=1S/C20H20N6/c1-23-19(15-25(21-23)13-17-9-5-3-6-10-17)20-16-26(22-24(20)2)14-18-11-7-4-8-12-18/h3-12H,13-14H2,1-2H3. The highest BCUT2D eigenvalue weighted by atomic mass is 15.5. The molecule has 4 rings (SSSR count). The maximum absolute atomic E-state index is 4.52. The monoisotopic (exact) mass is 344 g/mol. The molecular weight excluding hydrogens is 324 g/mol. The quantitative estimate of drug-likeness (QED) is 0.402. The SMILES string of the molecule is Cn1n[n+](Cc2ccccc2)[c-]c1-c1[c-][n+](Cc2ccccc2)nn1C. The summed E-state index contributed by atoms with van der Waals surface area (Å²) in [6.45, 7) is 1.35. The van der Waals surface area contributed by atoms with Gasteiger partial charge in [-0.1, -0.05) is 84.4 Å². The van der Waals surface area contributed by atoms with Gasteiger partial charge in [0, 0.05) is 10.4 Å². The van der Waals surface area contributed by atoms with Crippen molar-refractivity contribution in [2.75, 3.05) is 0 Å². The fourth-order valence-electron chi connectivity index (χ4n) is 2.91. The zero-order valence-electron chi connectivity index (χ0n) is 14.9. The summed E-state index contributed by atoms with van der Waals surface area (Å²) in [7, 11) is 3.82. The maximum Gasteiger partial charge on any atom is 0.116 e. The number of aromatic nitrogens is 6. The third kappa shape index (κ3) is 3.39. The van der Waals surface area contributed by atoms with Crippen molar-refractivity contribution in [2.45, 2.75) is 13.1 Å². The van der Waals surface area contributed by atoms with Crippen LogP contribution in [0.1, 0.15) is 11.1 Å². The van der Waals surface area contributed by atoms with E-state index in [0.29, 0.717) is 13.1 Å². The first-order valence-electron chi connectivity index (χ1n) is 8.50. The molecule has 2 aromatic heterocycles. The molecule has 0 unspecified atom stereocenters. The van der Waals surface area contributed by atoms with Crippen molar-refractivity contribution in [1.29, 1.82) is 0 Å². The molecule has 0 aliphatic heterocycles. The Hall–Kier alpha value is -3.28. The van der Waals surface area contributed by atoms with E-state index < -0.39 is 0 Å². The van der Waals surface area contributed by atoms with Gasteiger partial charge in [0.05, 0.1) is 14.1 Å². The number of hydrogen-bond donors (Lipinski definition) is 0. The lowest BCUT2D eigenvalue weighted by Crippen LogP contribution is -2.37. The van der Waals surface area contributed by atoms with Crippen molar-refractivity contribution >= 4 is 0 Å². The number of aryl methyl sites for hydroxylation is 2. The van der Waals surface area contributed by atoms with Crippen LogP contribution >= 0.6 is 0 Å². The summed E-state index contributed by atoms with van der Waals surface area (Å²) in [5.41, 5.74) is 4.07. The van der Waals surface area contributed by atoms with Gasteiger partial charge < -0.3 is 0 Å². The topological polar surface area (TPSA) is 43.4 Å². The fraction of sp³-hybridized carbons (Fsp3) is 0.200. The Morgan fingerprint density at radius 3 is 1.46 bits per heavy atom. The third-order valence-corrected chi connectivity index (χ3v) is 4.18. The van der Waals surface area contributed by atoms with Crippen molar-refractivity contribution in [1.82, 2.24) is 19.8 Å². The van der Waals surface area contributed by atoms with Gasteiger partial charge in [0.15, 0.2) is 0 Å². The van der Waals surface area contributed by atoms with Gasteiger partial charge in [-0.2, -0.15) is 0 Å². The van der Waals surface area contributed by atoms with E-state index in [9.17, 15) is 0 Å². The normalized spacial score (nSPS) is 11.0. The minimum absolute atomic E-state index is 0.677. The van der Waals surface area contributed by atoms with E-state index in [4.69, 9.17) is 0 Å². The predicted molar refractivity (Wildman–Crippen MR) is 94.6 cm³/mol. The minimum atomic E-state index is 0.677. The number of nitrogens with zero attached hydrogens (tertiary/aromatic N) is 6. The van der Waals surface area contributed by atoms with Gasteiger partial charge in [0.2, 0.25) is 0 Å². The zero-order chi connectivity index (χ0) is 17.9. The van der Waals surface area contributed by atoms with Gasteiger partial charge in [0.25, 0.3) is 0 Å². The molecule has 2 aromatic carbocycles. The van der Waals surface area contributed by atoms with Crippen LogP contribution in [0, 0.1) is 12.4 Å².